The molecule has 9 nitrogen and oxygen atoms in total. The van der Waals surface area contributed by atoms with Crippen molar-refractivity contribution in [3.63, 3.8) is 0 Å². The van der Waals surface area contributed by atoms with Crippen LogP contribution >= 0.6 is 0 Å². The highest BCUT2D eigenvalue weighted by Gasteiger charge is 2.75. The zero-order valence-electron chi connectivity index (χ0n) is 27.2. The molecule has 0 radical (unpaired) electrons. The number of hydrogen-bond acceptors (Lipinski definition) is 9. The molecule has 9 heteroatoms. The topological polar surface area (TPSA) is 144 Å². The number of allylic oxidation sites excluding steroid dienone is 2. The van der Waals surface area contributed by atoms with Crippen LogP contribution in [0, 0.1) is 39.4 Å². The highest BCUT2D eigenvalue weighted by Crippen LogP contribution is 2.74. The average Bonchev–Trinajstić information content (AvgIpc) is 3.07. The predicted octanol–water partition coefficient (Wildman–Crippen LogP) is 4.07. The van der Waals surface area contributed by atoms with Crippen LogP contribution in [-0.2, 0) is 33.4 Å². The molecule has 43 heavy (non-hydrogen) atoms. The van der Waals surface area contributed by atoms with Gasteiger partial charge in [-0.1, -0.05) is 32.4 Å². The van der Waals surface area contributed by atoms with Crippen LogP contribution < -0.4 is 0 Å². The van der Waals surface area contributed by atoms with Gasteiger partial charge >= 0.3 is 11.9 Å². The van der Waals surface area contributed by atoms with Gasteiger partial charge in [0, 0.05) is 37.0 Å². The van der Waals surface area contributed by atoms with E-state index in [-0.39, 0.29) is 36.2 Å². The second-order valence-electron chi connectivity index (χ2n) is 15.3. The largest absolute Gasteiger partial charge is 0.462 e. The van der Waals surface area contributed by atoms with E-state index in [2.05, 4.69) is 13.0 Å². The third-order valence-corrected chi connectivity index (χ3v) is 11.8. The molecule has 0 spiro atoms. The average molecular weight is 601 g/mol. The molecule has 0 aliphatic heterocycles. The van der Waals surface area contributed by atoms with Gasteiger partial charge in [-0.25, -0.2) is 0 Å². The molecule has 5 unspecified atom stereocenters. The summed E-state index contributed by atoms with van der Waals surface area (Å²) in [6.07, 6.45) is 3.66. The summed E-state index contributed by atoms with van der Waals surface area (Å²) in [5, 5.41) is 22.8. The Bertz CT molecular complexity index is 1320. The number of aliphatic hydroxyl groups is 2. The van der Waals surface area contributed by atoms with Gasteiger partial charge in [-0.05, 0) is 88.7 Å². The molecule has 3 saturated carbocycles. The number of rotatable bonds is 6. The van der Waals surface area contributed by atoms with E-state index in [1.165, 1.54) is 32.9 Å². The molecule has 0 aromatic carbocycles. The van der Waals surface area contributed by atoms with Gasteiger partial charge in [-0.3, -0.25) is 24.0 Å². The zero-order chi connectivity index (χ0) is 32.7. The van der Waals surface area contributed by atoms with E-state index in [1.54, 1.807) is 27.7 Å². The van der Waals surface area contributed by atoms with Gasteiger partial charge < -0.3 is 19.7 Å². The van der Waals surface area contributed by atoms with Crippen LogP contribution in [-0.4, -0.2) is 62.9 Å². The van der Waals surface area contributed by atoms with E-state index in [0.717, 1.165) is 5.57 Å². The summed E-state index contributed by atoms with van der Waals surface area (Å²) in [5.74, 6) is -3.54. The summed E-state index contributed by atoms with van der Waals surface area (Å²) in [6, 6.07) is 0. The molecular formula is C34H48O9. The SMILES string of the molecule is CC(=O)OC1C[C@@]2(C)C3CC=C4C(CC(O)C(=O)C4(C)C)[C@]3(C)C(=O)C[C@]2(C)C1[C@@](C)(O)C(=O)C=CC(C)(C)OC(C)=O. The zero-order valence-corrected chi connectivity index (χ0v) is 27.2. The second kappa shape index (κ2) is 10.2. The van der Waals surface area contributed by atoms with Crippen molar-refractivity contribution >= 4 is 29.3 Å². The number of aliphatic hydroxyl groups excluding tert-OH is 1. The molecule has 0 amide bonds. The number of Topliss-reactive ketones (excluding diaryl/α,β-unsaturated/α-hetero) is 2. The van der Waals surface area contributed by atoms with Crippen molar-refractivity contribution in [2.45, 2.75) is 118 Å². The Labute approximate surface area is 254 Å². The Morgan fingerprint density at radius 2 is 1.60 bits per heavy atom. The lowest BCUT2D eigenvalue weighted by molar-refractivity contribution is -0.185. The fourth-order valence-corrected chi connectivity index (χ4v) is 9.68. The van der Waals surface area contributed by atoms with Crippen molar-refractivity contribution in [3.05, 3.63) is 23.8 Å². The fraction of sp³-hybridized carbons (Fsp3) is 0.735. The van der Waals surface area contributed by atoms with Crippen LogP contribution in [0.25, 0.3) is 0 Å². The maximum atomic E-state index is 14.5. The van der Waals surface area contributed by atoms with Gasteiger partial charge in [0.2, 0.25) is 0 Å². The third-order valence-electron chi connectivity index (χ3n) is 11.8. The Hall–Kier alpha value is -2.65. The van der Waals surface area contributed by atoms with Crippen molar-refractivity contribution in [3.8, 4) is 0 Å². The maximum Gasteiger partial charge on any atom is 0.303 e. The van der Waals surface area contributed by atoms with Crippen LogP contribution in [0.1, 0.15) is 94.9 Å². The summed E-state index contributed by atoms with van der Waals surface area (Å²) < 4.78 is 11.1. The molecule has 238 valence electrons. The smallest absolute Gasteiger partial charge is 0.303 e. The summed E-state index contributed by atoms with van der Waals surface area (Å²) >= 11 is 0. The van der Waals surface area contributed by atoms with Crippen molar-refractivity contribution in [1.29, 1.82) is 0 Å². The van der Waals surface area contributed by atoms with Crippen molar-refractivity contribution in [2.24, 2.45) is 39.4 Å². The van der Waals surface area contributed by atoms with Crippen molar-refractivity contribution < 1.29 is 43.7 Å². The second-order valence-corrected chi connectivity index (χ2v) is 15.3. The highest BCUT2D eigenvalue weighted by molar-refractivity contribution is 5.98. The normalized spacial score (nSPS) is 40.1. The Kier molecular flexibility index (Phi) is 7.88. The first-order valence-corrected chi connectivity index (χ1v) is 15.3. The quantitative estimate of drug-likeness (QED) is 0.262. The number of fused-ring (bicyclic) bond motifs is 5. The molecular weight excluding hydrogens is 552 g/mol. The van der Waals surface area contributed by atoms with Gasteiger partial charge in [0.15, 0.2) is 11.6 Å². The van der Waals surface area contributed by atoms with Crippen molar-refractivity contribution in [2.75, 3.05) is 0 Å². The summed E-state index contributed by atoms with van der Waals surface area (Å²) in [5.41, 5.74) is -5.67. The molecule has 9 atom stereocenters. The monoisotopic (exact) mass is 600 g/mol. The minimum atomic E-state index is -2.03. The molecule has 0 heterocycles. The van der Waals surface area contributed by atoms with Gasteiger partial charge in [-0.15, -0.1) is 0 Å². The summed E-state index contributed by atoms with van der Waals surface area (Å²) in [4.78, 5) is 65.1. The lowest BCUT2D eigenvalue weighted by Gasteiger charge is -2.64. The number of esters is 2. The predicted molar refractivity (Wildman–Crippen MR) is 157 cm³/mol. The highest BCUT2D eigenvalue weighted by atomic mass is 16.6. The van der Waals surface area contributed by atoms with Crippen LogP contribution in [0.15, 0.2) is 23.8 Å². The number of hydrogen-bond donors (Lipinski definition) is 2. The van der Waals surface area contributed by atoms with Gasteiger partial charge in [0.05, 0.1) is 0 Å². The van der Waals surface area contributed by atoms with E-state index in [4.69, 9.17) is 9.47 Å². The summed E-state index contributed by atoms with van der Waals surface area (Å²) in [7, 11) is 0. The summed E-state index contributed by atoms with van der Waals surface area (Å²) in [6.45, 7) is 16.7. The van der Waals surface area contributed by atoms with Crippen LogP contribution in [0.2, 0.25) is 0 Å². The molecule has 0 aromatic rings. The number of ether oxygens (including phenoxy) is 2. The first-order chi connectivity index (χ1) is 19.5. The van der Waals surface area contributed by atoms with E-state index in [1.807, 2.05) is 13.8 Å². The first kappa shape index (κ1) is 33.2. The third kappa shape index (κ3) is 4.85. The lowest BCUT2D eigenvalue weighted by Crippen LogP contribution is -2.65. The fourth-order valence-electron chi connectivity index (χ4n) is 9.68. The molecule has 4 aliphatic rings. The van der Waals surface area contributed by atoms with Crippen LogP contribution in [0.5, 0.6) is 0 Å². The molecule has 0 bridgehead atoms. The van der Waals surface area contributed by atoms with Crippen molar-refractivity contribution in [1.82, 2.24) is 0 Å². The standard InChI is InChI=1S/C34H48O9/c1-18(35)42-23-16-31(7)24-12-11-20-21(15-22(37)28(40)30(20,5)6)33(24,9)26(39)17-32(31,8)27(23)34(10,41)25(38)13-14-29(3,4)43-19(2)36/h11,13-14,21-24,27,37,41H,12,15-17H2,1-10H3/t21?,22?,23?,24?,27?,31-,32+,33-,34-/m0/s1. The molecule has 4 rings (SSSR count). The van der Waals surface area contributed by atoms with E-state index in [9.17, 15) is 34.2 Å². The number of ketones is 3. The molecule has 3 fully saturated rings. The lowest BCUT2D eigenvalue weighted by atomic mass is 9.38. The van der Waals surface area contributed by atoms with E-state index >= 15 is 0 Å². The Morgan fingerprint density at radius 1 is 1.00 bits per heavy atom. The van der Waals surface area contributed by atoms with Crippen LogP contribution in [0.3, 0.4) is 0 Å². The minimum Gasteiger partial charge on any atom is -0.462 e. The molecule has 0 saturated heterocycles. The molecule has 4 aliphatic carbocycles. The van der Waals surface area contributed by atoms with Gasteiger partial charge in [0.1, 0.15) is 29.2 Å². The molecule has 0 aromatic heterocycles. The van der Waals surface area contributed by atoms with E-state index in [0.29, 0.717) is 12.8 Å². The maximum absolute atomic E-state index is 14.5. The number of carbonyl (C=O) groups is 5. The Morgan fingerprint density at radius 3 is 2.16 bits per heavy atom. The van der Waals surface area contributed by atoms with Gasteiger partial charge in [0.25, 0.3) is 0 Å². The first-order valence-electron chi connectivity index (χ1n) is 15.3. The Balaban J connectivity index is 1.82. The van der Waals surface area contributed by atoms with Crippen LogP contribution in [0.4, 0.5) is 0 Å². The number of carbonyl (C=O) groups excluding carboxylic acids is 5. The van der Waals surface area contributed by atoms with E-state index < -0.39 is 68.7 Å². The minimum absolute atomic E-state index is 0.0271. The van der Waals surface area contributed by atoms with Gasteiger partial charge in [-0.2, -0.15) is 0 Å². The molecule has 2 N–H and O–H groups in total.